The van der Waals surface area contributed by atoms with E-state index in [9.17, 15) is 4.79 Å². The highest BCUT2D eigenvalue weighted by molar-refractivity contribution is 6.30. The predicted octanol–water partition coefficient (Wildman–Crippen LogP) is 4.72. The lowest BCUT2D eigenvalue weighted by molar-refractivity contribution is 0.0159. The first-order valence-electron chi connectivity index (χ1n) is 8.52. The van der Waals surface area contributed by atoms with Gasteiger partial charge in [-0.05, 0) is 57.2 Å². The van der Waals surface area contributed by atoms with Gasteiger partial charge in [-0.3, -0.25) is 0 Å². The van der Waals surface area contributed by atoms with Crippen molar-refractivity contribution in [3.63, 3.8) is 0 Å². The van der Waals surface area contributed by atoms with E-state index in [1.807, 2.05) is 37.8 Å². The lowest BCUT2D eigenvalue weighted by atomic mass is 9.80. The summed E-state index contributed by atoms with van der Waals surface area (Å²) >= 11 is 6.00. The minimum Gasteiger partial charge on any atom is -0.444 e. The minimum absolute atomic E-state index is 0.212. The van der Waals surface area contributed by atoms with Gasteiger partial charge in [0.1, 0.15) is 5.60 Å². The van der Waals surface area contributed by atoms with Crippen molar-refractivity contribution >= 4 is 17.7 Å². The largest absolute Gasteiger partial charge is 0.444 e. The number of hydrogen-bond acceptors (Lipinski definition) is 3. The average molecular weight is 354 g/mol. The van der Waals surface area contributed by atoms with Gasteiger partial charge in [-0.1, -0.05) is 23.7 Å². The molecule has 0 aromatic heterocycles. The number of benzene rings is 1. The third-order valence-electron chi connectivity index (χ3n) is 4.40. The van der Waals surface area contributed by atoms with Crippen LogP contribution in [0.1, 0.15) is 45.1 Å². The van der Waals surface area contributed by atoms with Gasteiger partial charge >= 0.3 is 6.09 Å². The van der Waals surface area contributed by atoms with Gasteiger partial charge in [0.2, 0.25) is 0 Å². The van der Waals surface area contributed by atoms with Crippen molar-refractivity contribution in [2.75, 3.05) is 26.8 Å². The fourth-order valence-electron chi connectivity index (χ4n) is 3.20. The number of likely N-dealkylation sites (tertiary alicyclic amines) is 1. The summed E-state index contributed by atoms with van der Waals surface area (Å²) in [6, 6.07) is 8.00. The highest BCUT2D eigenvalue weighted by Crippen LogP contribution is 2.34. The molecule has 0 N–H and O–H groups in total. The van der Waals surface area contributed by atoms with E-state index < -0.39 is 5.60 Å². The highest BCUT2D eigenvalue weighted by Gasteiger charge is 2.31. The topological polar surface area (TPSA) is 38.8 Å². The first-order valence-corrected chi connectivity index (χ1v) is 8.90. The van der Waals surface area contributed by atoms with E-state index in [0.717, 1.165) is 31.0 Å². The van der Waals surface area contributed by atoms with E-state index in [0.29, 0.717) is 18.4 Å². The number of carbonyl (C=O) groups is 1. The maximum Gasteiger partial charge on any atom is 0.410 e. The van der Waals surface area contributed by atoms with Crippen LogP contribution in [0.3, 0.4) is 0 Å². The van der Waals surface area contributed by atoms with E-state index in [-0.39, 0.29) is 6.09 Å². The Morgan fingerprint density at radius 2 is 1.83 bits per heavy atom. The highest BCUT2D eigenvalue weighted by atomic mass is 35.5. The number of methoxy groups -OCH3 is 1. The maximum absolute atomic E-state index is 12.2. The number of rotatable bonds is 4. The Morgan fingerprint density at radius 1 is 1.25 bits per heavy atom. The molecule has 134 valence electrons. The van der Waals surface area contributed by atoms with Crippen molar-refractivity contribution in [2.45, 2.75) is 45.1 Å². The molecule has 5 heteroatoms. The predicted molar refractivity (Wildman–Crippen MR) is 96.6 cm³/mol. The van der Waals surface area contributed by atoms with Crippen molar-refractivity contribution in [3.05, 3.63) is 34.9 Å². The summed E-state index contributed by atoms with van der Waals surface area (Å²) in [4.78, 5) is 14.0. The van der Waals surface area contributed by atoms with Crippen LogP contribution in [0.2, 0.25) is 5.02 Å². The van der Waals surface area contributed by atoms with Crippen LogP contribution in [-0.2, 0) is 9.47 Å². The van der Waals surface area contributed by atoms with Gasteiger partial charge in [-0.25, -0.2) is 4.79 Å². The Labute approximate surface area is 150 Å². The molecule has 1 heterocycles. The van der Waals surface area contributed by atoms with Crippen LogP contribution >= 0.6 is 11.6 Å². The summed E-state index contributed by atoms with van der Waals surface area (Å²) in [5.41, 5.74) is 0.799. The first-order chi connectivity index (χ1) is 11.3. The molecule has 1 aliphatic rings. The summed E-state index contributed by atoms with van der Waals surface area (Å²) in [7, 11) is 1.73. The number of halogens is 1. The van der Waals surface area contributed by atoms with E-state index in [1.165, 1.54) is 5.56 Å². The molecule has 4 nitrogen and oxygen atoms in total. The van der Waals surface area contributed by atoms with Crippen molar-refractivity contribution < 1.29 is 14.3 Å². The quantitative estimate of drug-likeness (QED) is 0.786. The molecule has 1 aromatic carbocycles. The van der Waals surface area contributed by atoms with E-state index in [1.54, 1.807) is 7.11 Å². The fourth-order valence-corrected chi connectivity index (χ4v) is 3.33. The molecule has 1 aromatic rings. The molecule has 0 spiro atoms. The van der Waals surface area contributed by atoms with Crippen LogP contribution in [-0.4, -0.2) is 43.4 Å². The average Bonchev–Trinajstić information content (AvgIpc) is 2.52. The molecule has 24 heavy (non-hydrogen) atoms. The van der Waals surface area contributed by atoms with Crippen LogP contribution in [0.25, 0.3) is 0 Å². The van der Waals surface area contributed by atoms with Crippen molar-refractivity contribution in [1.82, 2.24) is 4.90 Å². The van der Waals surface area contributed by atoms with Gasteiger partial charge in [0.25, 0.3) is 0 Å². The summed E-state index contributed by atoms with van der Waals surface area (Å²) in [5.74, 6) is 0.817. The van der Waals surface area contributed by atoms with Crippen LogP contribution in [0.4, 0.5) is 4.79 Å². The monoisotopic (exact) mass is 353 g/mol. The lowest BCUT2D eigenvalue weighted by Crippen LogP contribution is -2.42. The molecular formula is C19H28ClNO3. The Kier molecular flexibility index (Phi) is 6.53. The van der Waals surface area contributed by atoms with Crippen molar-refractivity contribution in [1.29, 1.82) is 0 Å². The second-order valence-electron chi connectivity index (χ2n) is 7.42. The van der Waals surface area contributed by atoms with Crippen LogP contribution in [0, 0.1) is 5.92 Å². The van der Waals surface area contributed by atoms with Gasteiger partial charge in [0.05, 0.1) is 6.61 Å². The number of amides is 1. The summed E-state index contributed by atoms with van der Waals surface area (Å²) in [6.07, 6.45) is 1.70. The molecule has 1 fully saturated rings. The Balaban J connectivity index is 1.98. The molecule has 0 radical (unpaired) electrons. The van der Waals surface area contributed by atoms with Gasteiger partial charge in [0.15, 0.2) is 0 Å². The maximum atomic E-state index is 12.2. The third kappa shape index (κ3) is 5.38. The molecule has 0 unspecified atom stereocenters. The summed E-state index contributed by atoms with van der Waals surface area (Å²) < 4.78 is 10.9. The Bertz CT molecular complexity index is 531. The summed E-state index contributed by atoms with van der Waals surface area (Å²) in [5, 5.41) is 0.745. The lowest BCUT2D eigenvalue weighted by Gasteiger charge is -2.36. The van der Waals surface area contributed by atoms with Gasteiger partial charge in [-0.2, -0.15) is 0 Å². The van der Waals surface area contributed by atoms with Crippen molar-refractivity contribution in [3.8, 4) is 0 Å². The SMILES string of the molecule is COC[C@H](c1ccc(Cl)cc1)C1CCN(C(=O)OC(C)(C)C)CC1. The molecule has 2 rings (SSSR count). The Morgan fingerprint density at radius 3 is 2.33 bits per heavy atom. The van der Waals surface area contributed by atoms with Crippen molar-refractivity contribution in [2.24, 2.45) is 5.92 Å². The smallest absolute Gasteiger partial charge is 0.410 e. The standard InChI is InChI=1S/C19H28ClNO3/c1-19(2,3)24-18(22)21-11-9-15(10-12-21)17(13-23-4)14-5-7-16(20)8-6-14/h5-8,15,17H,9-13H2,1-4H3/t17-/m1/s1. The Hall–Kier alpha value is -1.26. The number of hydrogen-bond donors (Lipinski definition) is 0. The zero-order chi connectivity index (χ0) is 17.7. The van der Waals surface area contributed by atoms with Crippen LogP contribution in [0.15, 0.2) is 24.3 Å². The second-order valence-corrected chi connectivity index (χ2v) is 7.85. The first kappa shape index (κ1) is 19.1. The zero-order valence-electron chi connectivity index (χ0n) is 15.0. The molecule has 1 saturated heterocycles. The zero-order valence-corrected chi connectivity index (χ0v) is 15.8. The number of piperidine rings is 1. The van der Waals surface area contributed by atoms with Gasteiger partial charge < -0.3 is 14.4 Å². The van der Waals surface area contributed by atoms with Gasteiger partial charge in [-0.15, -0.1) is 0 Å². The molecule has 1 amide bonds. The summed E-state index contributed by atoms with van der Waals surface area (Å²) in [6.45, 7) is 7.83. The third-order valence-corrected chi connectivity index (χ3v) is 4.66. The number of carbonyl (C=O) groups excluding carboxylic acids is 1. The van der Waals surface area contributed by atoms with Gasteiger partial charge in [0, 0.05) is 31.1 Å². The molecule has 0 aliphatic carbocycles. The number of ether oxygens (including phenoxy) is 2. The molecule has 0 saturated carbocycles. The van der Waals surface area contributed by atoms with Crippen LogP contribution in [0.5, 0.6) is 0 Å². The van der Waals surface area contributed by atoms with E-state index in [4.69, 9.17) is 21.1 Å². The fraction of sp³-hybridized carbons (Fsp3) is 0.632. The molecular weight excluding hydrogens is 326 g/mol. The van der Waals surface area contributed by atoms with Crippen LogP contribution < -0.4 is 0 Å². The van der Waals surface area contributed by atoms with E-state index in [2.05, 4.69) is 12.1 Å². The molecule has 1 atom stereocenters. The minimum atomic E-state index is -0.449. The normalized spacial score (nSPS) is 17.6. The second kappa shape index (κ2) is 8.21. The van der Waals surface area contributed by atoms with E-state index >= 15 is 0 Å². The molecule has 0 bridgehead atoms. The number of nitrogens with zero attached hydrogens (tertiary/aromatic N) is 1. The molecule has 1 aliphatic heterocycles.